The summed E-state index contributed by atoms with van der Waals surface area (Å²) in [7, 11) is 0. The van der Waals surface area contributed by atoms with E-state index in [2.05, 4.69) is 22.9 Å². The molecule has 5 unspecified atom stereocenters. The van der Waals surface area contributed by atoms with E-state index in [1.165, 1.54) is 0 Å². The predicted octanol–water partition coefficient (Wildman–Crippen LogP) is 8.76. The van der Waals surface area contributed by atoms with Crippen LogP contribution in [0.15, 0.2) is 144 Å². The molecule has 262 valence electrons. The van der Waals surface area contributed by atoms with E-state index in [1.807, 2.05) is 146 Å². The zero-order valence-electron chi connectivity index (χ0n) is 28.7. The van der Waals surface area contributed by atoms with Gasteiger partial charge in [-0.15, -0.1) is 0 Å². The van der Waals surface area contributed by atoms with E-state index in [1.54, 1.807) is 0 Å². The molecular formula is C43H47BrO6. The number of aliphatic hydroxyl groups is 2. The highest BCUT2D eigenvalue weighted by atomic mass is 79.9. The number of rotatable bonds is 19. The van der Waals surface area contributed by atoms with Crippen molar-refractivity contribution in [1.82, 2.24) is 0 Å². The van der Waals surface area contributed by atoms with Crippen molar-refractivity contribution in [3.63, 3.8) is 0 Å². The van der Waals surface area contributed by atoms with E-state index >= 15 is 0 Å². The van der Waals surface area contributed by atoms with Gasteiger partial charge in [0.1, 0.15) is 24.4 Å². The molecule has 0 saturated carbocycles. The van der Waals surface area contributed by atoms with Gasteiger partial charge >= 0.3 is 0 Å². The molecule has 6 atom stereocenters. The average Bonchev–Trinajstić information content (AvgIpc) is 3.15. The molecule has 0 heterocycles. The third-order valence-electron chi connectivity index (χ3n) is 8.77. The van der Waals surface area contributed by atoms with E-state index in [0.717, 1.165) is 32.3 Å². The van der Waals surface area contributed by atoms with Gasteiger partial charge in [-0.2, -0.15) is 0 Å². The van der Waals surface area contributed by atoms with Gasteiger partial charge in [0.15, 0.2) is 0 Å². The van der Waals surface area contributed by atoms with Crippen molar-refractivity contribution in [2.45, 2.75) is 70.8 Å². The highest BCUT2D eigenvalue weighted by Crippen LogP contribution is 2.32. The Kier molecular flexibility index (Phi) is 14.8. The van der Waals surface area contributed by atoms with Crippen molar-refractivity contribution in [1.29, 1.82) is 0 Å². The first kappa shape index (κ1) is 37.6. The first-order valence-electron chi connectivity index (χ1n) is 17.1. The summed E-state index contributed by atoms with van der Waals surface area (Å²) < 4.78 is 27.3. The van der Waals surface area contributed by atoms with Gasteiger partial charge in [-0.25, -0.2) is 0 Å². The van der Waals surface area contributed by atoms with Gasteiger partial charge in [-0.05, 0) is 52.4 Å². The Bertz CT molecular complexity index is 1670. The van der Waals surface area contributed by atoms with Crippen LogP contribution in [0.1, 0.15) is 46.4 Å². The lowest BCUT2D eigenvalue weighted by atomic mass is 9.89. The largest absolute Gasteiger partial charge is 0.387 e. The van der Waals surface area contributed by atoms with Crippen molar-refractivity contribution in [2.24, 2.45) is 5.92 Å². The van der Waals surface area contributed by atoms with Crippen LogP contribution in [0.2, 0.25) is 0 Å². The van der Waals surface area contributed by atoms with Crippen molar-refractivity contribution < 1.29 is 29.2 Å². The molecule has 50 heavy (non-hydrogen) atoms. The van der Waals surface area contributed by atoms with Gasteiger partial charge in [0, 0.05) is 10.4 Å². The van der Waals surface area contributed by atoms with Crippen LogP contribution < -0.4 is 0 Å². The second-order valence-electron chi connectivity index (χ2n) is 12.7. The number of benzene rings is 5. The summed E-state index contributed by atoms with van der Waals surface area (Å²) >= 11 is 3.52. The molecule has 5 rings (SSSR count). The summed E-state index contributed by atoms with van der Waals surface area (Å²) in [6, 6.07) is 45.3. The van der Waals surface area contributed by atoms with Gasteiger partial charge in [-0.3, -0.25) is 0 Å². The maximum absolute atomic E-state index is 12.2. The third kappa shape index (κ3) is 11.2. The van der Waals surface area contributed by atoms with Gasteiger partial charge in [-0.1, -0.05) is 150 Å². The molecule has 5 aromatic carbocycles. The molecule has 0 spiro atoms. The summed E-state index contributed by atoms with van der Waals surface area (Å²) in [5.41, 5.74) is 5.43. The lowest BCUT2D eigenvalue weighted by Crippen LogP contribution is -2.52. The fourth-order valence-corrected chi connectivity index (χ4v) is 6.49. The zero-order valence-corrected chi connectivity index (χ0v) is 30.3. The molecule has 0 aliphatic rings. The quantitative estimate of drug-likeness (QED) is 0.0883. The second kappa shape index (κ2) is 19.7. The highest BCUT2D eigenvalue weighted by molar-refractivity contribution is 9.10. The third-order valence-corrected chi connectivity index (χ3v) is 9.26. The van der Waals surface area contributed by atoms with Gasteiger partial charge in [0.2, 0.25) is 0 Å². The van der Waals surface area contributed by atoms with Crippen LogP contribution >= 0.6 is 15.9 Å². The average molecular weight is 740 g/mol. The standard InChI is InChI=1S/C43H47BrO6/c1-31-25-37(44)23-24-38(31)39(45)40(46)42(49-29-35-19-11-5-12-20-35)43(50-30-36-21-13-6-14-22-36)41(48-28-34-17-9-4-10-18-34)32(2)26-47-27-33-15-7-3-8-16-33/h3-25,32,39-43,45-46H,26-30H2,1-2H3/t32?,39-,40?,41?,42?,43?/m1/s1. The van der Waals surface area contributed by atoms with Crippen LogP contribution in [0.25, 0.3) is 0 Å². The molecule has 0 fully saturated rings. The Balaban J connectivity index is 1.50. The SMILES string of the molecule is Cc1cc(Br)ccc1[C@@H](O)C(O)C(OCc1ccccc1)C(OCc1ccccc1)C(OCc1ccccc1)C(C)COCc1ccccc1. The van der Waals surface area contributed by atoms with Gasteiger partial charge < -0.3 is 29.2 Å². The molecule has 5 aromatic rings. The molecular weight excluding hydrogens is 692 g/mol. The lowest BCUT2D eigenvalue weighted by Gasteiger charge is -2.39. The Morgan fingerprint density at radius 2 is 0.960 bits per heavy atom. The Morgan fingerprint density at radius 1 is 0.540 bits per heavy atom. The first-order valence-corrected chi connectivity index (χ1v) is 17.9. The van der Waals surface area contributed by atoms with E-state index in [4.69, 9.17) is 18.9 Å². The minimum absolute atomic E-state index is 0.190. The van der Waals surface area contributed by atoms with Crippen LogP contribution in [0.3, 0.4) is 0 Å². The van der Waals surface area contributed by atoms with E-state index in [-0.39, 0.29) is 19.1 Å². The number of aliphatic hydroxyl groups excluding tert-OH is 2. The summed E-state index contributed by atoms with van der Waals surface area (Å²) in [6.45, 7) is 5.56. The molecule has 0 bridgehead atoms. The molecule has 7 heteroatoms. The van der Waals surface area contributed by atoms with Crippen LogP contribution in [0, 0.1) is 12.8 Å². The van der Waals surface area contributed by atoms with E-state index in [0.29, 0.717) is 25.4 Å². The maximum Gasteiger partial charge on any atom is 0.115 e. The van der Waals surface area contributed by atoms with Crippen molar-refractivity contribution in [2.75, 3.05) is 6.61 Å². The second-order valence-corrected chi connectivity index (χ2v) is 13.6. The Hall–Kier alpha value is -3.66. The monoisotopic (exact) mass is 738 g/mol. The number of hydrogen-bond acceptors (Lipinski definition) is 6. The molecule has 0 saturated heterocycles. The number of ether oxygens (including phenoxy) is 4. The highest BCUT2D eigenvalue weighted by Gasteiger charge is 2.42. The number of aryl methyl sites for hydroxylation is 1. The Labute approximate surface area is 304 Å². The number of halogens is 1. The molecule has 0 aliphatic carbocycles. The first-order chi connectivity index (χ1) is 24.4. The summed E-state index contributed by atoms with van der Waals surface area (Å²) in [5.74, 6) is -0.190. The molecule has 2 N–H and O–H groups in total. The zero-order chi connectivity index (χ0) is 35.1. The fraction of sp³-hybridized carbons (Fsp3) is 0.302. The summed E-state index contributed by atoms with van der Waals surface area (Å²) in [4.78, 5) is 0. The summed E-state index contributed by atoms with van der Waals surface area (Å²) in [6.07, 6.45) is -5.01. The van der Waals surface area contributed by atoms with Gasteiger partial charge in [0.25, 0.3) is 0 Å². The molecule has 0 radical (unpaired) electrons. The lowest BCUT2D eigenvalue weighted by molar-refractivity contribution is -0.206. The molecule has 0 aromatic heterocycles. The molecule has 0 aliphatic heterocycles. The summed E-state index contributed by atoms with van der Waals surface area (Å²) in [5, 5.41) is 23.9. The molecule has 0 amide bonds. The smallest absolute Gasteiger partial charge is 0.115 e. The van der Waals surface area contributed by atoms with Crippen molar-refractivity contribution in [3.8, 4) is 0 Å². The van der Waals surface area contributed by atoms with Crippen LogP contribution in [-0.4, -0.2) is 41.2 Å². The van der Waals surface area contributed by atoms with E-state index < -0.39 is 30.5 Å². The molecule has 6 nitrogen and oxygen atoms in total. The number of hydrogen-bond donors (Lipinski definition) is 2. The topological polar surface area (TPSA) is 77.4 Å². The maximum atomic E-state index is 12.2. The minimum Gasteiger partial charge on any atom is -0.387 e. The van der Waals surface area contributed by atoms with Crippen LogP contribution in [0.5, 0.6) is 0 Å². The minimum atomic E-state index is -1.36. The normalized spacial score (nSPS) is 15.1. The van der Waals surface area contributed by atoms with Crippen LogP contribution in [-0.2, 0) is 45.4 Å². The fourth-order valence-electron chi connectivity index (χ4n) is 6.01. The van der Waals surface area contributed by atoms with Crippen molar-refractivity contribution in [3.05, 3.63) is 177 Å². The Morgan fingerprint density at radius 3 is 1.42 bits per heavy atom. The van der Waals surface area contributed by atoms with E-state index in [9.17, 15) is 10.2 Å². The predicted molar refractivity (Wildman–Crippen MR) is 200 cm³/mol. The van der Waals surface area contributed by atoms with Crippen molar-refractivity contribution >= 4 is 15.9 Å². The van der Waals surface area contributed by atoms with Crippen LogP contribution in [0.4, 0.5) is 0 Å². The van der Waals surface area contributed by atoms with Gasteiger partial charge in [0.05, 0.1) is 39.1 Å².